The minimum absolute atomic E-state index is 0.0258. The monoisotopic (exact) mass is 309 g/mol. The van der Waals surface area contributed by atoms with E-state index in [-0.39, 0.29) is 6.29 Å². The molecule has 0 bridgehead atoms. The Kier molecular flexibility index (Phi) is 17.1. The number of hydrogen-bond acceptors (Lipinski definition) is 7. The molecule has 0 spiro atoms. The van der Waals surface area contributed by atoms with Gasteiger partial charge in [-0.1, -0.05) is 39.0 Å². The van der Waals surface area contributed by atoms with Gasteiger partial charge >= 0.3 is 0 Å². The number of aldehydes is 1. The summed E-state index contributed by atoms with van der Waals surface area (Å²) in [5, 5.41) is 43.5. The van der Waals surface area contributed by atoms with Gasteiger partial charge in [0.05, 0.1) is 6.61 Å². The molecule has 4 atom stereocenters. The highest BCUT2D eigenvalue weighted by molar-refractivity contribution is 5.56. The Labute approximate surface area is 126 Å². The van der Waals surface area contributed by atoms with E-state index in [0.29, 0.717) is 0 Å². The van der Waals surface area contributed by atoms with E-state index in [9.17, 15) is 4.79 Å². The van der Waals surface area contributed by atoms with Gasteiger partial charge in [-0.3, -0.25) is 0 Å². The minimum Gasteiger partial charge on any atom is -0.394 e. The van der Waals surface area contributed by atoms with Crippen molar-refractivity contribution in [1.82, 2.24) is 0 Å². The molecule has 0 saturated carbocycles. The summed E-state index contributed by atoms with van der Waals surface area (Å²) >= 11 is 0. The summed E-state index contributed by atoms with van der Waals surface area (Å²) in [6.07, 6.45) is 1.21. The maximum Gasteiger partial charge on any atom is 0.151 e. The Morgan fingerprint density at radius 1 is 0.952 bits per heavy atom. The molecule has 4 unspecified atom stereocenters. The lowest BCUT2D eigenvalue weighted by molar-refractivity contribution is -0.136. The van der Waals surface area contributed by atoms with E-state index in [1.165, 1.54) is 38.5 Å². The summed E-state index contributed by atoms with van der Waals surface area (Å²) in [6.45, 7) is 2.35. The molecular formula is C14H31NO6. The van der Waals surface area contributed by atoms with Crippen molar-refractivity contribution in [3.05, 3.63) is 0 Å². The molecule has 0 amide bonds. The molecule has 7 N–H and O–H groups in total. The second kappa shape index (κ2) is 15.8. The molecule has 0 aromatic carbocycles. The average molecular weight is 309 g/mol. The second-order valence-corrected chi connectivity index (χ2v) is 4.91. The van der Waals surface area contributed by atoms with Crippen LogP contribution in [-0.2, 0) is 4.79 Å². The third-order valence-electron chi connectivity index (χ3n) is 2.98. The minimum atomic E-state index is -1.79. The second-order valence-electron chi connectivity index (χ2n) is 4.91. The summed E-state index contributed by atoms with van der Waals surface area (Å²) < 4.78 is 0. The topological polar surface area (TPSA) is 144 Å². The summed E-state index contributed by atoms with van der Waals surface area (Å²) in [6, 6.07) is 0. The maximum atomic E-state index is 9.90. The van der Waals surface area contributed by atoms with Crippen LogP contribution in [0.4, 0.5) is 0 Å². The summed E-state index contributed by atoms with van der Waals surface area (Å²) in [5.41, 5.74) is 5.34. The van der Waals surface area contributed by atoms with E-state index in [2.05, 4.69) is 6.92 Å². The van der Waals surface area contributed by atoms with Crippen LogP contribution >= 0.6 is 0 Å². The van der Waals surface area contributed by atoms with Gasteiger partial charge < -0.3 is 36.1 Å². The van der Waals surface area contributed by atoms with Gasteiger partial charge in [0.2, 0.25) is 0 Å². The van der Waals surface area contributed by atoms with E-state index in [1.807, 2.05) is 0 Å². The molecule has 0 radical (unpaired) electrons. The Hall–Kier alpha value is -0.570. The van der Waals surface area contributed by atoms with E-state index in [0.717, 1.165) is 6.54 Å². The number of carbonyl (C=O) groups excluding carboxylic acids is 1. The first-order valence-corrected chi connectivity index (χ1v) is 7.44. The van der Waals surface area contributed by atoms with Crippen LogP contribution in [0.15, 0.2) is 0 Å². The maximum absolute atomic E-state index is 9.90. The normalized spacial score (nSPS) is 16.3. The van der Waals surface area contributed by atoms with E-state index >= 15 is 0 Å². The van der Waals surface area contributed by atoms with Crippen molar-refractivity contribution >= 4 is 6.29 Å². The van der Waals surface area contributed by atoms with Crippen molar-refractivity contribution in [3.63, 3.8) is 0 Å². The van der Waals surface area contributed by atoms with Gasteiger partial charge in [0.15, 0.2) is 6.29 Å². The van der Waals surface area contributed by atoms with Gasteiger partial charge in [-0.05, 0) is 13.0 Å². The lowest BCUT2D eigenvalue weighted by Gasteiger charge is -2.22. The van der Waals surface area contributed by atoms with Gasteiger partial charge in [-0.15, -0.1) is 0 Å². The molecule has 0 aliphatic rings. The molecule has 0 aromatic rings. The van der Waals surface area contributed by atoms with Crippen LogP contribution in [-0.4, -0.2) is 69.4 Å². The smallest absolute Gasteiger partial charge is 0.151 e. The average Bonchev–Trinajstić information content (AvgIpc) is 2.52. The van der Waals surface area contributed by atoms with Crippen molar-refractivity contribution in [2.24, 2.45) is 5.73 Å². The number of hydrogen-bond donors (Lipinski definition) is 6. The highest BCUT2D eigenvalue weighted by Crippen LogP contribution is 2.03. The van der Waals surface area contributed by atoms with Gasteiger partial charge in [0.1, 0.15) is 24.4 Å². The molecule has 0 rings (SSSR count). The standard InChI is InChI=1S/C8H19N.C6H12O6/c1-2-3-4-5-6-7-8-9;7-1-3(9)5(11)6(12)4(10)2-8/h2-9H2,1H3;1,3-6,8-12H,2H2. The number of aliphatic hydroxyl groups is 5. The van der Waals surface area contributed by atoms with Crippen LogP contribution in [0.2, 0.25) is 0 Å². The fourth-order valence-corrected chi connectivity index (χ4v) is 1.54. The summed E-state index contributed by atoms with van der Waals surface area (Å²) in [5.74, 6) is 0. The van der Waals surface area contributed by atoms with Crippen LogP contribution < -0.4 is 5.73 Å². The molecule has 7 heteroatoms. The first-order valence-electron chi connectivity index (χ1n) is 7.44. The summed E-state index contributed by atoms with van der Waals surface area (Å²) in [4.78, 5) is 9.90. The number of carbonyl (C=O) groups is 1. The zero-order chi connectivity index (χ0) is 16.7. The molecule has 7 nitrogen and oxygen atoms in total. The third-order valence-corrected chi connectivity index (χ3v) is 2.98. The number of nitrogens with two attached hydrogens (primary N) is 1. The lowest BCUT2D eigenvalue weighted by Crippen LogP contribution is -2.46. The Bertz CT molecular complexity index is 224. The fraction of sp³-hybridized carbons (Fsp3) is 0.929. The highest BCUT2D eigenvalue weighted by Gasteiger charge is 2.29. The predicted octanol–water partition coefficient (Wildman–Crippen LogP) is -1.07. The molecule has 0 aromatic heterocycles. The molecule has 21 heavy (non-hydrogen) atoms. The zero-order valence-corrected chi connectivity index (χ0v) is 12.8. The van der Waals surface area contributed by atoms with E-state index in [4.69, 9.17) is 31.3 Å². The van der Waals surface area contributed by atoms with Gasteiger partial charge in [-0.2, -0.15) is 0 Å². The van der Waals surface area contributed by atoms with Crippen molar-refractivity contribution in [1.29, 1.82) is 0 Å². The molecule has 0 aliphatic carbocycles. The molecular weight excluding hydrogens is 278 g/mol. The van der Waals surface area contributed by atoms with Crippen LogP contribution in [0, 0.1) is 0 Å². The van der Waals surface area contributed by atoms with Crippen LogP contribution in [0.3, 0.4) is 0 Å². The Morgan fingerprint density at radius 2 is 1.48 bits per heavy atom. The largest absolute Gasteiger partial charge is 0.394 e. The number of aliphatic hydroxyl groups excluding tert-OH is 5. The van der Waals surface area contributed by atoms with Crippen molar-refractivity contribution in [2.75, 3.05) is 13.2 Å². The molecule has 0 aliphatic heterocycles. The van der Waals surface area contributed by atoms with E-state index in [1.54, 1.807) is 0 Å². The predicted molar refractivity (Wildman–Crippen MR) is 79.6 cm³/mol. The van der Waals surface area contributed by atoms with Crippen molar-refractivity contribution in [2.45, 2.75) is 69.9 Å². The number of unbranched alkanes of at least 4 members (excludes halogenated alkanes) is 5. The highest BCUT2D eigenvalue weighted by atomic mass is 16.4. The SMILES string of the molecule is CCCCCCCCN.O=CC(O)C(O)C(O)C(O)CO. The van der Waals surface area contributed by atoms with Crippen LogP contribution in [0.1, 0.15) is 45.4 Å². The molecule has 0 fully saturated rings. The Balaban J connectivity index is 0. The van der Waals surface area contributed by atoms with Crippen LogP contribution in [0.5, 0.6) is 0 Å². The number of rotatable bonds is 11. The first-order chi connectivity index (χ1) is 9.95. The lowest BCUT2D eigenvalue weighted by atomic mass is 10.0. The third kappa shape index (κ3) is 12.9. The van der Waals surface area contributed by atoms with Crippen molar-refractivity contribution in [3.8, 4) is 0 Å². The first kappa shape index (κ1) is 22.7. The zero-order valence-electron chi connectivity index (χ0n) is 12.8. The Morgan fingerprint density at radius 3 is 1.90 bits per heavy atom. The van der Waals surface area contributed by atoms with Gasteiger partial charge in [0, 0.05) is 0 Å². The molecule has 128 valence electrons. The summed E-state index contributed by atoms with van der Waals surface area (Å²) in [7, 11) is 0. The van der Waals surface area contributed by atoms with Gasteiger partial charge in [-0.25, -0.2) is 0 Å². The van der Waals surface area contributed by atoms with Crippen LogP contribution in [0.25, 0.3) is 0 Å². The van der Waals surface area contributed by atoms with Gasteiger partial charge in [0.25, 0.3) is 0 Å². The van der Waals surface area contributed by atoms with Crippen molar-refractivity contribution < 1.29 is 30.3 Å². The molecule has 0 heterocycles. The molecule has 0 saturated heterocycles. The van der Waals surface area contributed by atoms with E-state index < -0.39 is 31.0 Å². The quantitative estimate of drug-likeness (QED) is 0.210. The fourth-order valence-electron chi connectivity index (χ4n) is 1.54.